The van der Waals surface area contributed by atoms with Gasteiger partial charge in [-0.2, -0.15) is 0 Å². The monoisotopic (exact) mass is 269 g/mol. The molecule has 0 radical (unpaired) electrons. The summed E-state index contributed by atoms with van der Waals surface area (Å²) in [6.07, 6.45) is 0.895. The summed E-state index contributed by atoms with van der Waals surface area (Å²) in [5, 5.41) is 9.12. The summed E-state index contributed by atoms with van der Waals surface area (Å²) in [7, 11) is 0. The van der Waals surface area contributed by atoms with E-state index < -0.39 is 5.97 Å². The third-order valence-corrected chi connectivity index (χ3v) is 3.34. The molecule has 0 bridgehead atoms. The predicted molar refractivity (Wildman–Crippen MR) is 77.0 cm³/mol. The summed E-state index contributed by atoms with van der Waals surface area (Å²) >= 11 is 0. The van der Waals surface area contributed by atoms with Crippen LogP contribution in [0.2, 0.25) is 0 Å². The maximum atomic E-state index is 11.1. The van der Waals surface area contributed by atoms with E-state index in [1.807, 2.05) is 30.3 Å². The van der Waals surface area contributed by atoms with Crippen LogP contribution >= 0.6 is 0 Å². The van der Waals surface area contributed by atoms with Crippen molar-refractivity contribution in [2.75, 3.05) is 18.1 Å². The molecule has 0 fully saturated rings. The van der Waals surface area contributed by atoms with Crippen LogP contribution in [0.5, 0.6) is 5.75 Å². The first-order valence-electron chi connectivity index (χ1n) is 6.58. The van der Waals surface area contributed by atoms with Crippen molar-refractivity contribution in [3.8, 4) is 5.75 Å². The highest BCUT2D eigenvalue weighted by Crippen LogP contribution is 2.35. The molecule has 1 aliphatic rings. The normalized spacial score (nSPS) is 14.1. The molecule has 102 valence electrons. The minimum atomic E-state index is -0.911. The van der Waals surface area contributed by atoms with Gasteiger partial charge in [-0.15, -0.1) is 0 Å². The molecule has 0 aliphatic carbocycles. The molecular weight excluding hydrogens is 254 g/mol. The van der Waals surface area contributed by atoms with Crippen LogP contribution in [-0.2, 0) is 0 Å². The molecule has 0 spiro atoms. The van der Waals surface area contributed by atoms with Crippen LogP contribution in [0.1, 0.15) is 16.8 Å². The Morgan fingerprint density at radius 2 is 2.00 bits per heavy atom. The minimum Gasteiger partial charge on any atom is -0.491 e. The maximum absolute atomic E-state index is 11.1. The number of benzene rings is 2. The zero-order valence-corrected chi connectivity index (χ0v) is 11.0. The second-order valence-electron chi connectivity index (χ2n) is 4.68. The smallest absolute Gasteiger partial charge is 0.335 e. The fourth-order valence-electron chi connectivity index (χ4n) is 2.40. The van der Waals surface area contributed by atoms with Crippen molar-refractivity contribution in [2.24, 2.45) is 0 Å². The van der Waals surface area contributed by atoms with E-state index in [1.165, 1.54) is 0 Å². The summed E-state index contributed by atoms with van der Waals surface area (Å²) in [6, 6.07) is 14.8. The molecule has 3 rings (SSSR count). The number of para-hydroxylation sites is 2. The average molecular weight is 269 g/mol. The van der Waals surface area contributed by atoms with Crippen LogP contribution in [0.4, 0.5) is 11.4 Å². The molecular formula is C16H15NO3. The fourth-order valence-corrected chi connectivity index (χ4v) is 2.40. The highest BCUT2D eigenvalue weighted by Gasteiger charge is 2.18. The largest absolute Gasteiger partial charge is 0.491 e. The van der Waals surface area contributed by atoms with Gasteiger partial charge in [0.2, 0.25) is 0 Å². The zero-order chi connectivity index (χ0) is 13.9. The molecule has 0 saturated heterocycles. The number of nitrogens with zero attached hydrogens (tertiary/aromatic N) is 1. The third kappa shape index (κ3) is 2.32. The molecule has 20 heavy (non-hydrogen) atoms. The summed E-state index contributed by atoms with van der Waals surface area (Å²) < 4.78 is 5.72. The lowest BCUT2D eigenvalue weighted by Crippen LogP contribution is -2.18. The van der Waals surface area contributed by atoms with E-state index in [4.69, 9.17) is 9.84 Å². The van der Waals surface area contributed by atoms with Crippen molar-refractivity contribution in [3.05, 3.63) is 54.1 Å². The second-order valence-corrected chi connectivity index (χ2v) is 4.68. The van der Waals surface area contributed by atoms with Crippen molar-refractivity contribution in [2.45, 2.75) is 6.42 Å². The third-order valence-electron chi connectivity index (χ3n) is 3.34. The molecule has 2 aromatic carbocycles. The highest BCUT2D eigenvalue weighted by molar-refractivity contribution is 5.89. The number of ether oxygens (including phenoxy) is 1. The summed E-state index contributed by atoms with van der Waals surface area (Å²) in [4.78, 5) is 13.2. The van der Waals surface area contributed by atoms with Gasteiger partial charge in [-0.3, -0.25) is 0 Å². The lowest BCUT2D eigenvalue weighted by atomic mass is 10.1. The molecule has 4 heteroatoms. The van der Waals surface area contributed by atoms with Gasteiger partial charge in [-0.1, -0.05) is 18.2 Å². The molecule has 1 aliphatic heterocycles. The van der Waals surface area contributed by atoms with Crippen LogP contribution in [0.25, 0.3) is 0 Å². The van der Waals surface area contributed by atoms with E-state index in [9.17, 15) is 4.79 Å². The molecule has 0 amide bonds. The first-order valence-corrected chi connectivity index (χ1v) is 6.58. The number of aromatic carboxylic acids is 1. The minimum absolute atomic E-state index is 0.296. The molecule has 1 heterocycles. The number of hydrogen-bond donors (Lipinski definition) is 1. The molecule has 0 saturated carbocycles. The van der Waals surface area contributed by atoms with Crippen molar-refractivity contribution >= 4 is 17.3 Å². The van der Waals surface area contributed by atoms with Crippen molar-refractivity contribution in [3.63, 3.8) is 0 Å². The zero-order valence-electron chi connectivity index (χ0n) is 11.0. The Balaban J connectivity index is 2.05. The molecule has 4 nitrogen and oxygen atoms in total. The van der Waals surface area contributed by atoms with Gasteiger partial charge in [-0.25, -0.2) is 4.79 Å². The average Bonchev–Trinajstić information content (AvgIpc) is 2.69. The first-order chi connectivity index (χ1) is 9.75. The van der Waals surface area contributed by atoms with Crippen LogP contribution < -0.4 is 9.64 Å². The molecule has 2 aromatic rings. The highest BCUT2D eigenvalue weighted by atomic mass is 16.5. The van der Waals surface area contributed by atoms with Gasteiger partial charge in [0.15, 0.2) is 0 Å². The van der Waals surface area contributed by atoms with Crippen LogP contribution in [-0.4, -0.2) is 24.2 Å². The Morgan fingerprint density at radius 1 is 1.15 bits per heavy atom. The van der Waals surface area contributed by atoms with Gasteiger partial charge in [0.05, 0.1) is 17.9 Å². The van der Waals surface area contributed by atoms with E-state index in [2.05, 4.69) is 4.90 Å². The first kappa shape index (κ1) is 12.5. The number of carboxylic acid groups (broad SMARTS) is 1. The number of carboxylic acids is 1. The van der Waals surface area contributed by atoms with Crippen molar-refractivity contribution in [1.82, 2.24) is 0 Å². The Kier molecular flexibility index (Phi) is 3.29. The quantitative estimate of drug-likeness (QED) is 0.908. The number of fused-ring (bicyclic) bond motifs is 1. The Hall–Kier alpha value is -2.49. The van der Waals surface area contributed by atoms with Crippen LogP contribution in [0.3, 0.4) is 0 Å². The van der Waals surface area contributed by atoms with E-state index in [-0.39, 0.29) is 0 Å². The fraction of sp³-hybridized carbons (Fsp3) is 0.188. The molecule has 1 N–H and O–H groups in total. The number of rotatable bonds is 2. The van der Waals surface area contributed by atoms with Gasteiger partial charge in [0.25, 0.3) is 0 Å². The van der Waals surface area contributed by atoms with Crippen LogP contribution in [0, 0.1) is 0 Å². The summed E-state index contributed by atoms with van der Waals surface area (Å²) in [6.45, 7) is 1.48. The van der Waals surface area contributed by atoms with E-state index in [1.54, 1.807) is 18.2 Å². The van der Waals surface area contributed by atoms with Crippen LogP contribution in [0.15, 0.2) is 48.5 Å². The molecule has 0 unspecified atom stereocenters. The van der Waals surface area contributed by atoms with E-state index in [0.717, 1.165) is 30.1 Å². The summed E-state index contributed by atoms with van der Waals surface area (Å²) in [5.41, 5.74) is 2.15. The predicted octanol–water partition coefficient (Wildman–Crippen LogP) is 3.31. The van der Waals surface area contributed by atoms with Gasteiger partial charge < -0.3 is 14.7 Å². The van der Waals surface area contributed by atoms with Crippen molar-refractivity contribution in [1.29, 1.82) is 0 Å². The molecule has 0 atom stereocenters. The second kappa shape index (κ2) is 5.25. The lowest BCUT2D eigenvalue weighted by molar-refractivity contribution is 0.0697. The van der Waals surface area contributed by atoms with Gasteiger partial charge in [0, 0.05) is 12.2 Å². The van der Waals surface area contributed by atoms with E-state index in [0.29, 0.717) is 12.2 Å². The van der Waals surface area contributed by atoms with Gasteiger partial charge >= 0.3 is 5.97 Å². The lowest BCUT2D eigenvalue weighted by Gasteiger charge is -2.24. The maximum Gasteiger partial charge on any atom is 0.335 e. The SMILES string of the molecule is O=C(O)c1cccc(N2CCCOc3ccccc32)c1. The Bertz CT molecular complexity index is 639. The van der Waals surface area contributed by atoms with Gasteiger partial charge in [0.1, 0.15) is 5.75 Å². The Morgan fingerprint density at radius 3 is 2.85 bits per heavy atom. The Labute approximate surface area is 117 Å². The summed E-state index contributed by atoms with van der Waals surface area (Å²) in [5.74, 6) is -0.0723. The van der Waals surface area contributed by atoms with E-state index >= 15 is 0 Å². The topological polar surface area (TPSA) is 49.8 Å². The standard InChI is InChI=1S/C16H15NO3/c18-16(19)12-5-3-6-13(11-12)17-9-4-10-20-15-8-2-1-7-14(15)17/h1-3,5-8,11H,4,9-10H2,(H,18,19). The number of carbonyl (C=O) groups is 1. The molecule has 0 aromatic heterocycles. The van der Waals surface area contributed by atoms with Crippen molar-refractivity contribution < 1.29 is 14.6 Å². The number of anilines is 2. The number of hydrogen-bond acceptors (Lipinski definition) is 3. The van der Waals surface area contributed by atoms with Gasteiger partial charge in [-0.05, 0) is 36.8 Å².